The average molecular weight is 970 g/mol. The Morgan fingerprint density at radius 1 is 0.625 bits per heavy atom. The molecule has 4 aromatic carbocycles. The second-order valence-corrected chi connectivity index (χ2v) is 17.4. The van der Waals surface area contributed by atoms with Gasteiger partial charge in [-0.25, -0.2) is 29.3 Å². The Bertz CT molecular complexity index is 3120. The first-order valence-corrected chi connectivity index (χ1v) is 23.3. The lowest BCUT2D eigenvalue weighted by Crippen LogP contribution is -2.40. The third kappa shape index (κ3) is 11.6. The highest BCUT2D eigenvalue weighted by atomic mass is 16.5. The maximum atomic E-state index is 12.8. The molecule has 0 aliphatic carbocycles. The number of nitrogens with two attached hydrogens (primary N) is 2. The topological polar surface area (TPSA) is 202 Å². The first-order chi connectivity index (χ1) is 34.1. The van der Waals surface area contributed by atoms with Gasteiger partial charge in [-0.2, -0.15) is 10.2 Å². The molecule has 2 aliphatic rings. The molecule has 2 unspecified atom stereocenters. The average Bonchev–Trinajstić information content (AvgIpc) is 3.99. The number of carbonyl (C=O) groups is 2. The molecule has 2 aliphatic heterocycles. The molecule has 10 rings (SSSR count). The van der Waals surface area contributed by atoms with Gasteiger partial charge in [-0.05, 0) is 119 Å². The fourth-order valence-corrected chi connectivity index (χ4v) is 8.82. The van der Waals surface area contributed by atoms with Crippen LogP contribution < -0.4 is 20.9 Å². The molecule has 6 heterocycles. The predicted octanol–water partition coefficient (Wildman–Crippen LogP) is 9.64. The number of nitrogens with zero attached hydrogens (tertiary/aromatic N) is 11. The van der Waals surface area contributed by atoms with Crippen LogP contribution in [0.5, 0.6) is 23.0 Å². The fraction of sp³-hybridized carbons (Fsp3) is 0.273. The molecule has 17 heteroatoms. The van der Waals surface area contributed by atoms with Crippen LogP contribution in [0, 0.1) is 0 Å². The predicted molar refractivity (Wildman–Crippen MR) is 284 cm³/mol. The van der Waals surface area contributed by atoms with Crippen molar-refractivity contribution in [3.63, 3.8) is 0 Å². The quantitative estimate of drug-likeness (QED) is 0.110. The van der Waals surface area contributed by atoms with Crippen LogP contribution in [0.4, 0.5) is 11.6 Å². The number of benzene rings is 4. The first kappa shape index (κ1) is 51.4. The summed E-state index contributed by atoms with van der Waals surface area (Å²) < 4.78 is 15.6. The van der Waals surface area contributed by atoms with Crippen molar-refractivity contribution in [2.24, 2.45) is 0 Å². The summed E-state index contributed by atoms with van der Waals surface area (Å²) in [4.78, 5) is 48.1. The van der Waals surface area contributed by atoms with Gasteiger partial charge in [0.25, 0.3) is 0 Å². The van der Waals surface area contributed by atoms with E-state index < -0.39 is 0 Å². The second kappa shape index (κ2) is 23.4. The van der Waals surface area contributed by atoms with Gasteiger partial charge in [0, 0.05) is 49.9 Å². The zero-order chi connectivity index (χ0) is 48.6. The zero-order valence-electron chi connectivity index (χ0n) is 39.2. The van der Waals surface area contributed by atoms with E-state index in [4.69, 9.17) is 31.1 Å². The van der Waals surface area contributed by atoms with Crippen LogP contribution in [0.15, 0.2) is 147 Å². The third-order valence-corrected chi connectivity index (χ3v) is 12.3. The number of likely N-dealkylation sites (tertiary alicyclic amines) is 2. The minimum absolute atomic E-state index is 0. The lowest BCUT2D eigenvalue weighted by atomic mass is 10.1. The van der Waals surface area contributed by atoms with Gasteiger partial charge in [-0.3, -0.25) is 9.59 Å². The number of para-hydroxylation sites is 2. The van der Waals surface area contributed by atoms with Crippen molar-refractivity contribution in [1.82, 2.24) is 54.2 Å². The van der Waals surface area contributed by atoms with E-state index in [1.807, 2.05) is 149 Å². The summed E-state index contributed by atoms with van der Waals surface area (Å²) in [5.41, 5.74) is 17.1. The van der Waals surface area contributed by atoms with E-state index in [1.54, 1.807) is 11.0 Å². The molecule has 0 saturated carbocycles. The Hall–Kier alpha value is -8.44. The molecule has 8 aromatic rings. The van der Waals surface area contributed by atoms with Gasteiger partial charge < -0.3 is 35.6 Å². The van der Waals surface area contributed by atoms with E-state index >= 15 is 0 Å². The van der Waals surface area contributed by atoms with Crippen molar-refractivity contribution in [2.75, 3.05) is 58.3 Å². The molecular formula is C55H63N13O4. The molecular weight excluding hydrogens is 907 g/mol. The number of amides is 2. The van der Waals surface area contributed by atoms with Crippen molar-refractivity contribution in [2.45, 2.75) is 52.6 Å². The number of piperidine rings is 2. The van der Waals surface area contributed by atoms with Crippen LogP contribution in [0.3, 0.4) is 0 Å². The van der Waals surface area contributed by atoms with Crippen molar-refractivity contribution < 1.29 is 19.1 Å². The summed E-state index contributed by atoms with van der Waals surface area (Å²) in [5.74, 6) is 3.71. The normalized spacial score (nSPS) is 15.6. The molecule has 4 aromatic heterocycles. The molecule has 2 amide bonds. The maximum Gasteiger partial charge on any atom is 0.246 e. The summed E-state index contributed by atoms with van der Waals surface area (Å²) in [6.45, 7) is 6.90. The van der Waals surface area contributed by atoms with Gasteiger partial charge in [-0.1, -0.05) is 63.9 Å². The van der Waals surface area contributed by atoms with E-state index in [0.29, 0.717) is 64.7 Å². The largest absolute Gasteiger partial charge is 0.457 e. The van der Waals surface area contributed by atoms with Crippen LogP contribution in [0.1, 0.15) is 52.6 Å². The molecule has 4 N–H and O–H groups in total. The number of ether oxygens (including phenoxy) is 2. The summed E-state index contributed by atoms with van der Waals surface area (Å²) >= 11 is 0. The number of hydrogen-bond acceptors (Lipinski definition) is 13. The molecule has 72 heavy (non-hydrogen) atoms. The summed E-state index contributed by atoms with van der Waals surface area (Å²) in [6, 6.07) is 34.7. The first-order valence-electron chi connectivity index (χ1n) is 23.3. The number of rotatable bonds is 12. The van der Waals surface area contributed by atoms with Gasteiger partial charge in [0.05, 0.1) is 22.9 Å². The van der Waals surface area contributed by atoms with E-state index in [1.165, 1.54) is 18.7 Å². The number of carbonyl (C=O) groups excluding carboxylic acids is 2. The van der Waals surface area contributed by atoms with Crippen molar-refractivity contribution >= 4 is 45.5 Å². The van der Waals surface area contributed by atoms with Crippen LogP contribution in [0.2, 0.25) is 0 Å². The van der Waals surface area contributed by atoms with E-state index in [2.05, 4.69) is 26.5 Å². The number of likely N-dealkylation sites (N-methyl/N-ethyl adjacent to an activating group) is 1. The number of anilines is 2. The Morgan fingerprint density at radius 2 is 1.04 bits per heavy atom. The molecule has 0 radical (unpaired) electrons. The highest BCUT2D eigenvalue weighted by Crippen LogP contribution is 2.37. The Labute approximate surface area is 420 Å². The number of hydrogen-bond donors (Lipinski definition) is 2. The molecule has 372 valence electrons. The van der Waals surface area contributed by atoms with E-state index in [9.17, 15) is 9.59 Å². The lowest BCUT2D eigenvalue weighted by molar-refractivity contribution is -0.128. The molecule has 0 spiro atoms. The smallest absolute Gasteiger partial charge is 0.246 e. The number of aromatic nitrogens is 8. The van der Waals surface area contributed by atoms with E-state index in [0.717, 1.165) is 72.9 Å². The fourth-order valence-electron chi connectivity index (χ4n) is 8.82. The number of fused-ring (bicyclic) bond motifs is 2. The van der Waals surface area contributed by atoms with Crippen LogP contribution in [0.25, 0.3) is 44.6 Å². The third-order valence-electron chi connectivity index (χ3n) is 12.3. The molecule has 2 atom stereocenters. The number of nitrogen functional groups attached to an aromatic ring is 2. The Morgan fingerprint density at radius 3 is 1.46 bits per heavy atom. The van der Waals surface area contributed by atoms with Crippen molar-refractivity contribution in [3.05, 3.63) is 147 Å². The van der Waals surface area contributed by atoms with Gasteiger partial charge in [-0.15, -0.1) is 0 Å². The molecule has 2 fully saturated rings. The monoisotopic (exact) mass is 970 g/mol. The maximum absolute atomic E-state index is 12.8. The van der Waals surface area contributed by atoms with Crippen molar-refractivity contribution in [3.8, 4) is 45.5 Å². The van der Waals surface area contributed by atoms with Gasteiger partial charge in [0.2, 0.25) is 11.8 Å². The van der Waals surface area contributed by atoms with Crippen LogP contribution in [-0.2, 0) is 9.59 Å². The summed E-state index contributed by atoms with van der Waals surface area (Å²) in [6.07, 6.45) is 11.4. The summed E-state index contributed by atoms with van der Waals surface area (Å²) in [5, 5.41) is 11.3. The minimum atomic E-state index is -0.0699. The van der Waals surface area contributed by atoms with Crippen LogP contribution in [-0.4, -0.2) is 113 Å². The van der Waals surface area contributed by atoms with Gasteiger partial charge in [0.1, 0.15) is 58.7 Å². The SMILES string of the molecule is C.C.C=CC(=O)N1CCCC(n2nc(-c3ccc(Oc4ccccc4)cc3)c3c(N)ncnc32)C1.CN(C)C/C=C/C(=O)N1CCCC(n2nc(-c3ccc(Oc4ccccc4)cc3)c3c(N)ncnc32)C1. The molecule has 0 bridgehead atoms. The Balaban J connectivity index is 0.000000207. The lowest BCUT2D eigenvalue weighted by Gasteiger charge is -2.32. The minimum Gasteiger partial charge on any atom is -0.457 e. The van der Waals surface area contributed by atoms with Crippen LogP contribution >= 0.6 is 0 Å². The molecule has 17 nitrogen and oxygen atoms in total. The highest BCUT2D eigenvalue weighted by Gasteiger charge is 2.30. The zero-order valence-corrected chi connectivity index (χ0v) is 39.2. The van der Waals surface area contributed by atoms with Gasteiger partial charge >= 0.3 is 0 Å². The second-order valence-electron chi connectivity index (χ2n) is 17.4. The van der Waals surface area contributed by atoms with Crippen molar-refractivity contribution in [1.29, 1.82) is 0 Å². The standard InChI is InChI=1S/C28H31N7O2.C25H24N6O2.2CH4/c1-33(2)16-7-11-24(36)34-17-6-8-21(18-34)35-28-25(27(29)30-19-31-28)26(32-35)20-12-14-23(15-13-20)37-22-9-4-3-5-10-22;1-2-21(32)30-14-6-7-18(15-30)31-25-22(24(26)27-16-28-25)23(29-31)17-10-12-20(13-11-17)33-19-8-4-3-5-9-19;;/h3-5,7,9-15,19,21H,6,8,16-18H2,1-2H3,(H2,29,30,31);2-5,8-13,16,18H,1,6-7,14-15H2,(H2,26,27,28);2*1H4/b11-7+;;;. The van der Waals surface area contributed by atoms with E-state index in [-0.39, 0.29) is 38.8 Å². The summed E-state index contributed by atoms with van der Waals surface area (Å²) in [7, 11) is 3.95. The molecule has 2 saturated heterocycles. The Kier molecular flexibility index (Phi) is 16.7. The van der Waals surface area contributed by atoms with Gasteiger partial charge in [0.15, 0.2) is 11.3 Å². The highest BCUT2D eigenvalue weighted by molar-refractivity contribution is 5.99.